The van der Waals surface area contributed by atoms with E-state index in [2.05, 4.69) is 31.8 Å². The van der Waals surface area contributed by atoms with E-state index in [-0.39, 0.29) is 33.6 Å². The molecular formula is C58H61N3O. The van der Waals surface area contributed by atoms with E-state index >= 15 is 0 Å². The number of fused-ring (bicyclic) bond motifs is 1. The highest BCUT2D eigenvalue weighted by Gasteiger charge is 2.30. The Labute approximate surface area is 389 Å². The van der Waals surface area contributed by atoms with Crippen LogP contribution in [0, 0.1) is 0 Å². The van der Waals surface area contributed by atoms with Crippen molar-refractivity contribution in [2.45, 2.75) is 105 Å². The molecule has 8 rings (SSSR count). The van der Waals surface area contributed by atoms with Crippen molar-refractivity contribution in [3.8, 4) is 67.5 Å². The number of pyridine rings is 1. The average molecular weight is 830 g/mol. The van der Waals surface area contributed by atoms with Crippen molar-refractivity contribution in [2.75, 3.05) is 0 Å². The van der Waals surface area contributed by atoms with Gasteiger partial charge in [-0.3, -0.25) is 9.55 Å². The van der Waals surface area contributed by atoms with Crippen LogP contribution in [0.3, 0.4) is 0 Å². The SMILES string of the molecule is [2H]c1nc(-c2cc(-c3cccc4c3nc(-c3cc(C(C)(C)C)cc(C(C)(C([2H])([2H])[2H])C([2H])([2H])[2H])c3O)n4-c3ccc(C(C)(C)C)cc3-c3ccccc3)cc(C(C)(C)C)c2)c([2H])c(-c2c([2H])c([2H])c([2H])c([2H])c2[2H])c1[2H]. The molecule has 0 saturated heterocycles. The number of aromatic hydroxyl groups is 1. The zero-order valence-electron chi connectivity index (χ0n) is 51.0. The van der Waals surface area contributed by atoms with Crippen molar-refractivity contribution >= 4 is 11.0 Å². The van der Waals surface area contributed by atoms with E-state index in [4.69, 9.17) is 22.8 Å². The smallest absolute Gasteiger partial charge is 0.149 e. The molecule has 6 aromatic carbocycles. The summed E-state index contributed by atoms with van der Waals surface area (Å²) < 4.78 is 124. The molecule has 62 heavy (non-hydrogen) atoms. The molecule has 0 aliphatic carbocycles. The normalized spacial score (nSPS) is 16.2. The molecule has 8 aromatic rings. The second kappa shape index (κ2) is 15.6. The van der Waals surface area contributed by atoms with E-state index in [9.17, 15) is 6.48 Å². The first-order chi connectivity index (χ1) is 35.0. The van der Waals surface area contributed by atoms with Gasteiger partial charge < -0.3 is 5.11 Å². The highest BCUT2D eigenvalue weighted by Crippen LogP contribution is 2.46. The van der Waals surface area contributed by atoms with E-state index in [1.54, 1.807) is 12.1 Å². The van der Waals surface area contributed by atoms with Crippen LogP contribution in [0.2, 0.25) is 0 Å². The van der Waals surface area contributed by atoms with Crippen molar-refractivity contribution in [1.82, 2.24) is 14.5 Å². The Hall–Kier alpha value is -6.26. The molecule has 2 aromatic heterocycles. The molecule has 0 aliphatic rings. The van der Waals surface area contributed by atoms with Crippen LogP contribution >= 0.6 is 0 Å². The standard InChI is InChI=1S/C58H61N3O/c1-55(2,3)42-26-27-50(46(34-42)38-22-17-14-18-23-38)61-51-25-19-24-45(52(51)60-54(61)47-35-44(57(7,8)9)36-48(53(47)62)58(10,11)12)40-30-41(32-43(31-40)56(4,5)6)49-33-39(28-29-59-49)37-20-15-13-16-21-37/h13-36,62H,1-12H3/i10D3,11D3,13D,15D,16D,20D,21D,28D,29D,33D. The fourth-order valence-electron chi connectivity index (χ4n) is 7.73. The molecule has 2 heterocycles. The maximum Gasteiger partial charge on any atom is 0.149 e. The molecule has 0 spiro atoms. The van der Waals surface area contributed by atoms with Crippen molar-refractivity contribution in [3.63, 3.8) is 0 Å². The number of imidazole rings is 1. The maximum atomic E-state index is 12.8. The fourth-order valence-corrected chi connectivity index (χ4v) is 7.73. The predicted molar refractivity (Wildman–Crippen MR) is 263 cm³/mol. The van der Waals surface area contributed by atoms with Gasteiger partial charge in [0.15, 0.2) is 0 Å². The first-order valence-corrected chi connectivity index (χ1v) is 20.8. The third kappa shape index (κ3) is 8.23. The van der Waals surface area contributed by atoms with Gasteiger partial charge in [0.1, 0.15) is 11.6 Å². The second-order valence-corrected chi connectivity index (χ2v) is 19.3. The van der Waals surface area contributed by atoms with Gasteiger partial charge >= 0.3 is 0 Å². The minimum absolute atomic E-state index is 0.0667. The van der Waals surface area contributed by atoms with Gasteiger partial charge in [-0.05, 0) is 109 Å². The van der Waals surface area contributed by atoms with E-state index in [1.165, 1.54) is 6.07 Å². The Balaban J connectivity index is 1.53. The number of hydrogen-bond acceptors (Lipinski definition) is 3. The number of rotatable bonds is 6. The molecule has 4 heteroatoms. The summed E-state index contributed by atoms with van der Waals surface area (Å²) in [5.41, 5.74) is 2.10. The van der Waals surface area contributed by atoms with Crippen LogP contribution in [0.5, 0.6) is 5.75 Å². The van der Waals surface area contributed by atoms with Gasteiger partial charge in [0, 0.05) is 36.7 Å². The van der Waals surface area contributed by atoms with Crippen LogP contribution < -0.4 is 0 Å². The second-order valence-electron chi connectivity index (χ2n) is 19.3. The molecule has 0 radical (unpaired) electrons. The van der Waals surface area contributed by atoms with Gasteiger partial charge in [-0.1, -0.05) is 174 Å². The first-order valence-electron chi connectivity index (χ1n) is 27.8. The van der Waals surface area contributed by atoms with E-state index < -0.39 is 89.7 Å². The Morgan fingerprint density at radius 2 is 1.21 bits per heavy atom. The third-order valence-electron chi connectivity index (χ3n) is 11.4. The Bertz CT molecular complexity index is 3590. The summed E-state index contributed by atoms with van der Waals surface area (Å²) in [5.74, 6) is -0.375. The zero-order valence-corrected chi connectivity index (χ0v) is 37.0. The van der Waals surface area contributed by atoms with E-state index in [1.807, 2.05) is 119 Å². The number of hydrogen-bond donors (Lipinski definition) is 1. The highest BCUT2D eigenvalue weighted by atomic mass is 16.3. The molecular weight excluding hydrogens is 755 g/mol. The van der Waals surface area contributed by atoms with Gasteiger partial charge in [0.25, 0.3) is 0 Å². The van der Waals surface area contributed by atoms with Gasteiger partial charge in [-0.25, -0.2) is 4.98 Å². The van der Waals surface area contributed by atoms with Crippen molar-refractivity contribution < 1.29 is 24.3 Å². The number of nitrogens with zero attached hydrogens (tertiary/aromatic N) is 3. The maximum absolute atomic E-state index is 12.8. The van der Waals surface area contributed by atoms with Crippen molar-refractivity contribution in [1.29, 1.82) is 0 Å². The lowest BCUT2D eigenvalue weighted by molar-refractivity contribution is 0.446. The third-order valence-corrected chi connectivity index (χ3v) is 11.4. The van der Waals surface area contributed by atoms with Crippen molar-refractivity contribution in [3.05, 3.63) is 168 Å². The molecule has 0 amide bonds. The van der Waals surface area contributed by atoms with Crippen LogP contribution in [-0.2, 0) is 21.7 Å². The lowest BCUT2D eigenvalue weighted by atomic mass is 9.79. The summed E-state index contributed by atoms with van der Waals surface area (Å²) in [6, 6.07) is 26.1. The minimum Gasteiger partial charge on any atom is -0.507 e. The van der Waals surface area contributed by atoms with Crippen molar-refractivity contribution in [2.24, 2.45) is 0 Å². The molecule has 0 saturated carbocycles. The van der Waals surface area contributed by atoms with E-state index in [0.29, 0.717) is 39.0 Å². The topological polar surface area (TPSA) is 50.9 Å². The van der Waals surface area contributed by atoms with Crippen LogP contribution in [0.25, 0.3) is 72.7 Å². The molecule has 1 N–H and O–H groups in total. The molecule has 0 fully saturated rings. The van der Waals surface area contributed by atoms with Crippen LogP contribution in [-0.4, -0.2) is 19.6 Å². The summed E-state index contributed by atoms with van der Waals surface area (Å²) in [6.45, 7) is 13.0. The lowest BCUT2D eigenvalue weighted by Gasteiger charge is -2.28. The number of para-hydroxylation sites is 1. The van der Waals surface area contributed by atoms with Crippen LogP contribution in [0.1, 0.15) is 124 Å². The summed E-state index contributed by atoms with van der Waals surface area (Å²) in [4.78, 5) is 9.87. The largest absolute Gasteiger partial charge is 0.507 e. The molecule has 0 aliphatic heterocycles. The number of aromatic nitrogens is 3. The quantitative estimate of drug-likeness (QED) is 0.182. The fraction of sp³-hybridized carbons (Fsp3) is 0.276. The Morgan fingerprint density at radius 1 is 0.548 bits per heavy atom. The Morgan fingerprint density at radius 3 is 1.89 bits per heavy atom. The van der Waals surface area contributed by atoms with Gasteiger partial charge in [0.05, 0.1) is 38.9 Å². The van der Waals surface area contributed by atoms with E-state index in [0.717, 1.165) is 29.2 Å². The zero-order chi connectivity index (χ0) is 56.3. The van der Waals surface area contributed by atoms with Gasteiger partial charge in [-0.2, -0.15) is 0 Å². The molecule has 314 valence electrons. The van der Waals surface area contributed by atoms with Crippen LogP contribution in [0.4, 0.5) is 0 Å². The van der Waals surface area contributed by atoms with Gasteiger partial charge in [0.2, 0.25) is 0 Å². The summed E-state index contributed by atoms with van der Waals surface area (Å²) >= 11 is 0. The number of phenolic OH excluding ortho intramolecular Hbond substituents is 1. The lowest BCUT2D eigenvalue weighted by Crippen LogP contribution is -2.17. The minimum atomic E-state index is -3.11. The molecule has 4 nitrogen and oxygen atoms in total. The highest BCUT2D eigenvalue weighted by molar-refractivity contribution is 5.98. The summed E-state index contributed by atoms with van der Waals surface area (Å²) in [6.07, 6.45) is -0.572. The predicted octanol–water partition coefficient (Wildman–Crippen LogP) is 15.7. The monoisotopic (exact) mass is 830 g/mol. The van der Waals surface area contributed by atoms with Gasteiger partial charge in [-0.15, -0.1) is 0 Å². The molecule has 0 bridgehead atoms. The molecule has 0 atom stereocenters. The Kier molecular flexibility index (Phi) is 7.13. The molecule has 0 unspecified atom stereocenters. The summed E-state index contributed by atoms with van der Waals surface area (Å²) in [5, 5.41) is 12.8. The van der Waals surface area contributed by atoms with Crippen LogP contribution in [0.15, 0.2) is 146 Å². The first kappa shape index (κ1) is 28.4. The summed E-state index contributed by atoms with van der Waals surface area (Å²) in [7, 11) is 0. The number of benzene rings is 6. The average Bonchev–Trinajstić information content (AvgIpc) is 3.75. The number of phenols is 1.